The highest BCUT2D eigenvalue weighted by Crippen LogP contribution is 2.37. The maximum atomic E-state index is 13.6. The van der Waals surface area contributed by atoms with Crippen molar-refractivity contribution in [2.75, 3.05) is 51.8 Å². The number of piperazine rings is 1. The Labute approximate surface area is 198 Å². The summed E-state index contributed by atoms with van der Waals surface area (Å²) in [6.07, 6.45) is 8.02. The third-order valence-corrected chi connectivity index (χ3v) is 7.62. The Morgan fingerprint density at radius 3 is 2.33 bits per heavy atom. The van der Waals surface area contributed by atoms with E-state index >= 15 is 0 Å². The lowest BCUT2D eigenvalue weighted by Crippen LogP contribution is -2.47. The number of nitrogens with zero attached hydrogens (tertiary/aromatic N) is 2. The minimum atomic E-state index is -0.258. The molecule has 1 saturated heterocycles. The summed E-state index contributed by atoms with van der Waals surface area (Å²) in [6, 6.07) is 15.8. The summed E-state index contributed by atoms with van der Waals surface area (Å²) in [6.45, 7) is 4.93. The largest absolute Gasteiger partial charge is 0.494 e. The fourth-order valence-corrected chi connectivity index (χ4v) is 5.82. The minimum Gasteiger partial charge on any atom is -0.494 e. The molecule has 0 amide bonds. The van der Waals surface area contributed by atoms with Crippen LogP contribution in [0, 0.1) is 11.7 Å². The van der Waals surface area contributed by atoms with Gasteiger partial charge in [-0.2, -0.15) is 0 Å². The van der Waals surface area contributed by atoms with Gasteiger partial charge in [-0.25, -0.2) is 4.39 Å². The summed E-state index contributed by atoms with van der Waals surface area (Å²) in [5.41, 5.74) is 2.39. The van der Waals surface area contributed by atoms with Crippen LogP contribution in [0.1, 0.15) is 50.0 Å². The lowest BCUT2D eigenvalue weighted by Gasteiger charge is -2.39. The molecule has 2 unspecified atom stereocenters. The lowest BCUT2D eigenvalue weighted by molar-refractivity contribution is 0.0115. The Hall–Kier alpha value is -2.11. The Bertz CT molecular complexity index is 848. The molecule has 2 aromatic carbocycles. The van der Waals surface area contributed by atoms with E-state index in [1.807, 2.05) is 13.2 Å². The van der Waals surface area contributed by atoms with Crippen LogP contribution in [0.2, 0.25) is 0 Å². The molecule has 1 saturated carbocycles. The van der Waals surface area contributed by atoms with Crippen molar-refractivity contribution in [1.29, 1.82) is 0 Å². The van der Waals surface area contributed by atoms with Crippen LogP contribution < -0.4 is 9.64 Å². The summed E-state index contributed by atoms with van der Waals surface area (Å²) in [7, 11) is 3.51. The van der Waals surface area contributed by atoms with Crippen LogP contribution in [-0.2, 0) is 4.74 Å². The number of hydrogen-bond donors (Lipinski definition) is 0. The number of benzene rings is 2. The number of methoxy groups -OCH3 is 2. The predicted octanol–water partition coefficient (Wildman–Crippen LogP) is 5.73. The van der Waals surface area contributed by atoms with Gasteiger partial charge in [-0.3, -0.25) is 4.90 Å². The second-order valence-electron chi connectivity index (χ2n) is 9.55. The van der Waals surface area contributed by atoms with Gasteiger partial charge < -0.3 is 14.4 Å². The van der Waals surface area contributed by atoms with Crippen LogP contribution >= 0.6 is 0 Å². The Kier molecular flexibility index (Phi) is 8.63. The molecule has 2 aliphatic rings. The van der Waals surface area contributed by atoms with Crippen molar-refractivity contribution in [1.82, 2.24) is 4.90 Å². The fraction of sp³-hybridized carbons (Fsp3) is 0.571. The van der Waals surface area contributed by atoms with Gasteiger partial charge in [0.05, 0.1) is 18.9 Å². The highest BCUT2D eigenvalue weighted by atomic mass is 19.1. The van der Waals surface area contributed by atoms with E-state index in [2.05, 4.69) is 40.1 Å². The molecule has 0 radical (unpaired) electrons. The molecule has 1 heterocycles. The Morgan fingerprint density at radius 2 is 1.67 bits per heavy atom. The molecule has 5 heteroatoms. The van der Waals surface area contributed by atoms with Crippen molar-refractivity contribution in [3.8, 4) is 5.75 Å². The van der Waals surface area contributed by atoms with Gasteiger partial charge >= 0.3 is 0 Å². The van der Waals surface area contributed by atoms with E-state index in [0.717, 1.165) is 44.8 Å². The van der Waals surface area contributed by atoms with E-state index in [1.54, 1.807) is 7.11 Å². The van der Waals surface area contributed by atoms with E-state index in [0.29, 0.717) is 17.6 Å². The number of ether oxygens (including phenoxy) is 2. The zero-order chi connectivity index (χ0) is 23.0. The Morgan fingerprint density at radius 1 is 0.939 bits per heavy atom. The van der Waals surface area contributed by atoms with Crippen molar-refractivity contribution in [2.24, 2.45) is 5.92 Å². The van der Waals surface area contributed by atoms with Crippen LogP contribution in [0.4, 0.5) is 10.1 Å². The zero-order valence-electron chi connectivity index (χ0n) is 20.2. The van der Waals surface area contributed by atoms with E-state index in [4.69, 9.17) is 9.47 Å². The molecule has 0 bridgehead atoms. The quantitative estimate of drug-likeness (QED) is 0.483. The minimum absolute atomic E-state index is 0.258. The first-order valence-corrected chi connectivity index (χ1v) is 12.6. The molecule has 1 aliphatic carbocycles. The molecule has 0 N–H and O–H groups in total. The first kappa shape index (κ1) is 24.0. The van der Waals surface area contributed by atoms with Gasteiger partial charge in [0.1, 0.15) is 11.6 Å². The van der Waals surface area contributed by atoms with E-state index in [-0.39, 0.29) is 11.9 Å². The molecule has 180 valence electrons. The van der Waals surface area contributed by atoms with Gasteiger partial charge in [0.2, 0.25) is 0 Å². The number of anilines is 1. The topological polar surface area (TPSA) is 24.9 Å². The van der Waals surface area contributed by atoms with Crippen molar-refractivity contribution in [2.45, 2.75) is 50.5 Å². The van der Waals surface area contributed by atoms with Crippen molar-refractivity contribution < 1.29 is 13.9 Å². The van der Waals surface area contributed by atoms with Gasteiger partial charge in [-0.15, -0.1) is 0 Å². The van der Waals surface area contributed by atoms with Gasteiger partial charge in [0.15, 0.2) is 0 Å². The molecular formula is C28H39FN2O2. The molecule has 33 heavy (non-hydrogen) atoms. The maximum Gasteiger partial charge on any atom is 0.145 e. The normalized spacial score (nSPS) is 19.9. The number of hydrogen-bond acceptors (Lipinski definition) is 4. The average Bonchev–Trinajstić information content (AvgIpc) is 2.88. The van der Waals surface area contributed by atoms with Crippen molar-refractivity contribution >= 4 is 5.69 Å². The SMILES string of the molecule is COc1cc(F)ccc1N1CCN(CCC(c2ccccc2)C(OC)C2CCCCC2)CC1. The third kappa shape index (κ3) is 6.07. The lowest BCUT2D eigenvalue weighted by atomic mass is 9.77. The first-order valence-electron chi connectivity index (χ1n) is 12.6. The molecule has 0 aromatic heterocycles. The highest BCUT2D eigenvalue weighted by Gasteiger charge is 2.32. The van der Waals surface area contributed by atoms with E-state index < -0.39 is 0 Å². The van der Waals surface area contributed by atoms with Crippen LogP contribution in [-0.4, -0.2) is 57.9 Å². The number of rotatable bonds is 9. The number of halogens is 1. The molecule has 2 aromatic rings. The highest BCUT2D eigenvalue weighted by molar-refractivity contribution is 5.59. The summed E-state index contributed by atoms with van der Waals surface area (Å²) >= 11 is 0. The van der Waals surface area contributed by atoms with Crippen molar-refractivity contribution in [3.05, 3.63) is 59.9 Å². The van der Waals surface area contributed by atoms with Crippen LogP contribution in [0.3, 0.4) is 0 Å². The second-order valence-corrected chi connectivity index (χ2v) is 9.55. The molecule has 2 atom stereocenters. The molecule has 1 aliphatic heterocycles. The standard InChI is InChI=1S/C28H39FN2O2/c1-32-27-21-24(29)13-14-26(27)31-19-17-30(18-20-31)16-15-25(22-9-5-3-6-10-22)28(33-2)23-11-7-4-8-12-23/h3,5-6,9-10,13-14,21,23,25,28H,4,7-8,11-12,15-20H2,1-2H3. The summed E-state index contributed by atoms with van der Waals surface area (Å²) in [5, 5.41) is 0. The first-order chi connectivity index (χ1) is 16.2. The van der Waals surface area contributed by atoms with E-state index in [1.165, 1.54) is 49.8 Å². The predicted molar refractivity (Wildman–Crippen MR) is 133 cm³/mol. The van der Waals surface area contributed by atoms with Gasteiger partial charge in [0.25, 0.3) is 0 Å². The smallest absolute Gasteiger partial charge is 0.145 e. The van der Waals surface area contributed by atoms with Crippen molar-refractivity contribution in [3.63, 3.8) is 0 Å². The second kappa shape index (κ2) is 11.8. The van der Waals surface area contributed by atoms with Gasteiger partial charge in [-0.05, 0) is 49.4 Å². The van der Waals surface area contributed by atoms with E-state index in [9.17, 15) is 4.39 Å². The fourth-order valence-electron chi connectivity index (χ4n) is 5.82. The zero-order valence-corrected chi connectivity index (χ0v) is 20.2. The monoisotopic (exact) mass is 454 g/mol. The van der Waals surface area contributed by atoms with Crippen LogP contribution in [0.15, 0.2) is 48.5 Å². The van der Waals surface area contributed by atoms with Crippen LogP contribution in [0.5, 0.6) is 5.75 Å². The molecular weight excluding hydrogens is 415 g/mol. The summed E-state index contributed by atoms with van der Waals surface area (Å²) < 4.78 is 25.2. The molecule has 4 nitrogen and oxygen atoms in total. The molecule has 0 spiro atoms. The van der Waals surface area contributed by atoms with Gasteiger partial charge in [-0.1, -0.05) is 49.6 Å². The molecule has 2 fully saturated rings. The molecule has 4 rings (SSSR count). The maximum absolute atomic E-state index is 13.6. The third-order valence-electron chi connectivity index (χ3n) is 7.62. The summed E-state index contributed by atoms with van der Waals surface area (Å²) in [4.78, 5) is 4.87. The van der Waals surface area contributed by atoms with Crippen LogP contribution in [0.25, 0.3) is 0 Å². The average molecular weight is 455 g/mol. The summed E-state index contributed by atoms with van der Waals surface area (Å²) in [5.74, 6) is 1.45. The Balaban J connectivity index is 1.38. The van der Waals surface area contributed by atoms with Gasteiger partial charge in [0, 0.05) is 45.3 Å².